The van der Waals surface area contributed by atoms with Crippen molar-refractivity contribution in [2.75, 3.05) is 6.54 Å². The average molecular weight is 264 g/mol. The van der Waals surface area contributed by atoms with Gasteiger partial charge in [0.05, 0.1) is 0 Å². The summed E-state index contributed by atoms with van der Waals surface area (Å²) in [7, 11) is 0. The molecule has 3 heteroatoms. The third-order valence-electron chi connectivity index (χ3n) is 5.99. The van der Waals surface area contributed by atoms with E-state index in [0.717, 1.165) is 24.2 Å². The molecule has 0 spiro atoms. The lowest BCUT2D eigenvalue weighted by atomic mass is 9.48. The average Bonchev–Trinajstić information content (AvgIpc) is 2.34. The Balaban J connectivity index is 1.63. The van der Waals surface area contributed by atoms with Gasteiger partial charge in [0.2, 0.25) is 5.91 Å². The zero-order chi connectivity index (χ0) is 13.5. The summed E-state index contributed by atoms with van der Waals surface area (Å²) in [5.41, 5.74) is 5.90. The van der Waals surface area contributed by atoms with Gasteiger partial charge in [0.25, 0.3) is 0 Å². The quantitative estimate of drug-likeness (QED) is 0.801. The number of nitrogens with two attached hydrogens (primary N) is 1. The van der Waals surface area contributed by atoms with E-state index in [1.54, 1.807) is 0 Å². The van der Waals surface area contributed by atoms with Crippen LogP contribution in [0.1, 0.15) is 58.3 Å². The highest BCUT2D eigenvalue weighted by Crippen LogP contribution is 2.61. The molecule has 4 saturated carbocycles. The lowest BCUT2D eigenvalue weighted by Gasteiger charge is -2.59. The summed E-state index contributed by atoms with van der Waals surface area (Å²) >= 11 is 0. The molecule has 1 amide bonds. The van der Waals surface area contributed by atoms with Gasteiger partial charge in [0.1, 0.15) is 0 Å². The van der Waals surface area contributed by atoms with Gasteiger partial charge >= 0.3 is 0 Å². The monoisotopic (exact) mass is 264 g/mol. The van der Waals surface area contributed by atoms with E-state index in [9.17, 15) is 4.79 Å². The fraction of sp³-hybridized carbons (Fsp3) is 0.938. The lowest BCUT2D eigenvalue weighted by Crippen LogP contribution is -2.55. The molecule has 4 fully saturated rings. The molecule has 4 aliphatic rings. The summed E-state index contributed by atoms with van der Waals surface area (Å²) in [4.78, 5) is 11.9. The molecule has 0 aliphatic heterocycles. The maximum atomic E-state index is 11.9. The van der Waals surface area contributed by atoms with Crippen LogP contribution in [-0.2, 0) is 4.79 Å². The number of amides is 1. The Morgan fingerprint density at radius 2 is 1.74 bits per heavy atom. The van der Waals surface area contributed by atoms with Crippen molar-refractivity contribution >= 4 is 5.91 Å². The second-order valence-electron chi connectivity index (χ2n) is 7.46. The molecule has 0 saturated heterocycles. The number of nitrogens with one attached hydrogen (secondary N) is 1. The Kier molecular flexibility index (Phi) is 3.59. The van der Waals surface area contributed by atoms with Crippen molar-refractivity contribution in [3.05, 3.63) is 0 Å². The molecular formula is C16H28N2O. The van der Waals surface area contributed by atoms with E-state index in [-0.39, 0.29) is 5.91 Å². The maximum absolute atomic E-state index is 11.9. The van der Waals surface area contributed by atoms with Crippen molar-refractivity contribution in [3.63, 3.8) is 0 Å². The van der Waals surface area contributed by atoms with Crippen LogP contribution in [0.5, 0.6) is 0 Å². The van der Waals surface area contributed by atoms with Gasteiger partial charge in [-0.1, -0.05) is 0 Å². The fourth-order valence-corrected chi connectivity index (χ4v) is 5.44. The summed E-state index contributed by atoms with van der Waals surface area (Å²) in [6.07, 6.45) is 9.87. The van der Waals surface area contributed by atoms with Gasteiger partial charge in [-0.05, 0) is 81.6 Å². The minimum Gasteiger partial charge on any atom is -0.353 e. The maximum Gasteiger partial charge on any atom is 0.220 e. The first-order valence-electron chi connectivity index (χ1n) is 8.11. The Bertz CT molecular complexity index is 317. The van der Waals surface area contributed by atoms with Gasteiger partial charge in [-0.15, -0.1) is 0 Å². The van der Waals surface area contributed by atoms with Gasteiger partial charge in [-0.25, -0.2) is 0 Å². The van der Waals surface area contributed by atoms with Crippen molar-refractivity contribution in [1.82, 2.24) is 5.32 Å². The minimum absolute atomic E-state index is 0.202. The summed E-state index contributed by atoms with van der Waals surface area (Å²) in [6.45, 7) is 2.85. The van der Waals surface area contributed by atoms with Gasteiger partial charge in [0, 0.05) is 12.5 Å². The number of hydrogen-bond donors (Lipinski definition) is 2. The molecule has 3 nitrogen and oxygen atoms in total. The van der Waals surface area contributed by atoms with Gasteiger partial charge in [0.15, 0.2) is 0 Å². The highest BCUT2D eigenvalue weighted by Gasteiger charge is 2.53. The Morgan fingerprint density at radius 1 is 1.21 bits per heavy atom. The van der Waals surface area contributed by atoms with E-state index < -0.39 is 0 Å². The predicted octanol–water partition coefficient (Wildman–Crippen LogP) is 2.45. The van der Waals surface area contributed by atoms with Gasteiger partial charge in [-0.2, -0.15) is 0 Å². The third-order valence-corrected chi connectivity index (χ3v) is 5.99. The van der Waals surface area contributed by atoms with E-state index in [2.05, 4.69) is 12.2 Å². The largest absolute Gasteiger partial charge is 0.353 e. The molecule has 0 heterocycles. The number of carbonyl (C=O) groups is 1. The second-order valence-corrected chi connectivity index (χ2v) is 7.46. The summed E-state index contributed by atoms with van der Waals surface area (Å²) in [6, 6.07) is 0.353. The topological polar surface area (TPSA) is 55.1 Å². The van der Waals surface area contributed by atoms with Crippen LogP contribution >= 0.6 is 0 Å². The molecule has 4 rings (SSSR count). The van der Waals surface area contributed by atoms with Gasteiger partial charge in [-0.3, -0.25) is 4.79 Å². The molecule has 1 unspecified atom stereocenters. The normalized spacial score (nSPS) is 41.3. The van der Waals surface area contributed by atoms with E-state index in [0.29, 0.717) is 24.4 Å². The van der Waals surface area contributed by atoms with Crippen LogP contribution in [0.4, 0.5) is 0 Å². The van der Waals surface area contributed by atoms with Crippen LogP contribution in [-0.4, -0.2) is 18.5 Å². The van der Waals surface area contributed by atoms with E-state index in [1.165, 1.54) is 38.5 Å². The van der Waals surface area contributed by atoms with Crippen molar-refractivity contribution in [2.45, 2.75) is 64.3 Å². The van der Waals surface area contributed by atoms with Crippen molar-refractivity contribution in [1.29, 1.82) is 0 Å². The van der Waals surface area contributed by atoms with Crippen molar-refractivity contribution < 1.29 is 4.79 Å². The highest BCUT2D eigenvalue weighted by atomic mass is 16.1. The SMILES string of the molecule is CC(NC(=O)CCCN)C12CC3CC(CC(C3)C1)C2. The molecule has 3 N–H and O–H groups in total. The fourth-order valence-electron chi connectivity index (χ4n) is 5.44. The minimum atomic E-state index is 0.202. The van der Waals surface area contributed by atoms with E-state index in [4.69, 9.17) is 5.73 Å². The first-order chi connectivity index (χ1) is 9.11. The Morgan fingerprint density at radius 3 is 2.21 bits per heavy atom. The lowest BCUT2D eigenvalue weighted by molar-refractivity contribution is -0.125. The standard InChI is InChI=1S/C16H28N2O/c1-11(18-15(19)3-2-4-17)16-8-12-5-13(9-16)7-14(6-12)10-16/h11-14H,2-10,17H2,1H3,(H,18,19). The molecule has 4 aliphatic carbocycles. The number of carbonyl (C=O) groups excluding carboxylic acids is 1. The summed E-state index contributed by atoms with van der Waals surface area (Å²) in [5.74, 6) is 3.06. The van der Waals surface area contributed by atoms with Crippen LogP contribution in [0.25, 0.3) is 0 Å². The van der Waals surface area contributed by atoms with Crippen LogP contribution in [0.2, 0.25) is 0 Å². The zero-order valence-electron chi connectivity index (χ0n) is 12.2. The highest BCUT2D eigenvalue weighted by molar-refractivity contribution is 5.76. The number of hydrogen-bond acceptors (Lipinski definition) is 2. The van der Waals surface area contributed by atoms with Crippen LogP contribution in [0, 0.1) is 23.2 Å². The zero-order valence-corrected chi connectivity index (χ0v) is 12.2. The number of rotatable bonds is 5. The Hall–Kier alpha value is -0.570. The smallest absolute Gasteiger partial charge is 0.220 e. The third kappa shape index (κ3) is 2.54. The van der Waals surface area contributed by atoms with Crippen molar-refractivity contribution in [2.24, 2.45) is 28.9 Å². The van der Waals surface area contributed by atoms with Crippen LogP contribution < -0.4 is 11.1 Å². The molecule has 19 heavy (non-hydrogen) atoms. The molecule has 108 valence electrons. The van der Waals surface area contributed by atoms with Crippen LogP contribution in [0.3, 0.4) is 0 Å². The first-order valence-corrected chi connectivity index (χ1v) is 8.11. The van der Waals surface area contributed by atoms with E-state index in [1.807, 2.05) is 0 Å². The first kappa shape index (κ1) is 13.4. The van der Waals surface area contributed by atoms with Crippen molar-refractivity contribution in [3.8, 4) is 0 Å². The second kappa shape index (κ2) is 5.08. The van der Waals surface area contributed by atoms with E-state index >= 15 is 0 Å². The van der Waals surface area contributed by atoms with Gasteiger partial charge < -0.3 is 11.1 Å². The molecule has 0 aromatic rings. The molecule has 0 aromatic carbocycles. The molecular weight excluding hydrogens is 236 g/mol. The summed E-state index contributed by atoms with van der Waals surface area (Å²) in [5, 5.41) is 3.28. The van der Waals surface area contributed by atoms with Crippen LogP contribution in [0.15, 0.2) is 0 Å². The molecule has 4 bridgehead atoms. The molecule has 0 aromatic heterocycles. The predicted molar refractivity (Wildman–Crippen MR) is 76.5 cm³/mol. The molecule has 1 atom stereocenters. The summed E-state index contributed by atoms with van der Waals surface area (Å²) < 4.78 is 0. The molecule has 0 radical (unpaired) electrons. The Labute approximate surface area is 116 Å².